The van der Waals surface area contributed by atoms with Crippen LogP contribution in [0.1, 0.15) is 11.1 Å². The number of fused-ring (bicyclic) bond motifs is 2. The SMILES string of the molecule is CO/C(=C/c1c(O)cc(N(C)C)c2ccccc12)c1cc[n+](CS(=O)(=O)O)c2ccccc12. The van der Waals surface area contributed by atoms with Crippen molar-refractivity contribution in [3.8, 4) is 5.75 Å². The summed E-state index contributed by atoms with van der Waals surface area (Å²) in [5, 5.41) is 13.5. The molecule has 8 heteroatoms. The molecule has 0 atom stereocenters. The number of phenols is 1. The Morgan fingerprint density at radius 2 is 1.67 bits per heavy atom. The maximum Gasteiger partial charge on any atom is 0.326 e. The van der Waals surface area contributed by atoms with Crippen molar-refractivity contribution in [2.45, 2.75) is 5.88 Å². The van der Waals surface area contributed by atoms with E-state index in [9.17, 15) is 18.1 Å². The molecule has 170 valence electrons. The lowest BCUT2D eigenvalue weighted by molar-refractivity contribution is -0.651. The summed E-state index contributed by atoms with van der Waals surface area (Å²) in [4.78, 5) is 1.95. The van der Waals surface area contributed by atoms with Crippen molar-refractivity contribution < 1.29 is 27.4 Å². The number of benzene rings is 3. The second-order valence-electron chi connectivity index (χ2n) is 7.91. The van der Waals surface area contributed by atoms with Gasteiger partial charge in [-0.3, -0.25) is 4.55 Å². The fraction of sp³-hybridized carbons (Fsp3) is 0.160. The molecule has 0 amide bonds. The second kappa shape index (κ2) is 8.73. The summed E-state index contributed by atoms with van der Waals surface area (Å²) in [5.74, 6) is 0.0638. The van der Waals surface area contributed by atoms with Crippen LogP contribution in [0, 0.1) is 0 Å². The van der Waals surface area contributed by atoms with E-state index in [1.54, 1.807) is 43.6 Å². The van der Waals surface area contributed by atoms with Crippen LogP contribution in [0.3, 0.4) is 0 Å². The van der Waals surface area contributed by atoms with E-state index in [0.29, 0.717) is 16.8 Å². The first-order valence-electron chi connectivity index (χ1n) is 10.2. The molecule has 0 aliphatic carbocycles. The molecule has 0 aliphatic heterocycles. The number of nitrogens with zero attached hydrogens (tertiary/aromatic N) is 2. The van der Waals surface area contributed by atoms with Gasteiger partial charge in [0.05, 0.1) is 12.5 Å². The Morgan fingerprint density at radius 1 is 1.03 bits per heavy atom. The van der Waals surface area contributed by atoms with Crippen LogP contribution in [0.15, 0.2) is 66.9 Å². The highest BCUT2D eigenvalue weighted by Crippen LogP contribution is 2.38. The normalized spacial score (nSPS) is 12.3. The van der Waals surface area contributed by atoms with Gasteiger partial charge in [0, 0.05) is 54.5 Å². The molecular formula is C25H25N2O5S+. The summed E-state index contributed by atoms with van der Waals surface area (Å²) in [6.45, 7) is 0. The highest BCUT2D eigenvalue weighted by molar-refractivity contribution is 7.84. The number of pyridine rings is 1. The van der Waals surface area contributed by atoms with E-state index in [1.807, 2.05) is 55.4 Å². The van der Waals surface area contributed by atoms with Gasteiger partial charge in [-0.25, -0.2) is 0 Å². The zero-order valence-corrected chi connectivity index (χ0v) is 19.4. The quantitative estimate of drug-likeness (QED) is 0.254. The molecule has 0 fully saturated rings. The van der Waals surface area contributed by atoms with E-state index in [0.717, 1.165) is 27.4 Å². The van der Waals surface area contributed by atoms with Crippen LogP contribution in [0.5, 0.6) is 5.75 Å². The lowest BCUT2D eigenvalue weighted by atomic mass is 9.98. The molecule has 0 unspecified atom stereocenters. The lowest BCUT2D eigenvalue weighted by Crippen LogP contribution is -2.38. The Morgan fingerprint density at radius 3 is 2.30 bits per heavy atom. The molecule has 1 aromatic heterocycles. The van der Waals surface area contributed by atoms with Gasteiger partial charge in [-0.1, -0.05) is 36.4 Å². The first-order valence-corrected chi connectivity index (χ1v) is 11.8. The second-order valence-corrected chi connectivity index (χ2v) is 9.33. The first-order chi connectivity index (χ1) is 15.7. The average molecular weight is 466 g/mol. The Bertz CT molecular complexity index is 1490. The number of para-hydroxylation sites is 1. The Kier molecular flexibility index (Phi) is 5.97. The number of methoxy groups -OCH3 is 1. The zero-order chi connectivity index (χ0) is 23.8. The average Bonchev–Trinajstić information content (AvgIpc) is 2.78. The van der Waals surface area contributed by atoms with Gasteiger partial charge in [0.2, 0.25) is 5.52 Å². The van der Waals surface area contributed by atoms with E-state index in [-0.39, 0.29) is 5.75 Å². The maximum absolute atomic E-state index is 11.5. The van der Waals surface area contributed by atoms with Crippen LogP contribution in [0.25, 0.3) is 33.5 Å². The first kappa shape index (κ1) is 22.6. The van der Waals surface area contributed by atoms with Crippen LogP contribution >= 0.6 is 0 Å². The van der Waals surface area contributed by atoms with Gasteiger partial charge in [-0.2, -0.15) is 13.0 Å². The summed E-state index contributed by atoms with van der Waals surface area (Å²) in [7, 11) is 1.18. The van der Waals surface area contributed by atoms with Crippen molar-refractivity contribution in [1.82, 2.24) is 0 Å². The summed E-state index contributed by atoms with van der Waals surface area (Å²) in [5.41, 5.74) is 2.86. The third-order valence-corrected chi connectivity index (χ3v) is 6.12. The van der Waals surface area contributed by atoms with E-state index in [1.165, 1.54) is 4.57 Å². The molecule has 4 aromatic rings. The van der Waals surface area contributed by atoms with Crippen molar-refractivity contribution in [1.29, 1.82) is 0 Å². The van der Waals surface area contributed by atoms with E-state index in [2.05, 4.69) is 0 Å². The topological polar surface area (TPSA) is 91.0 Å². The van der Waals surface area contributed by atoms with Crippen molar-refractivity contribution in [2.24, 2.45) is 0 Å². The van der Waals surface area contributed by atoms with E-state index >= 15 is 0 Å². The Balaban J connectivity index is 1.95. The number of hydrogen-bond acceptors (Lipinski definition) is 5. The Hall–Kier alpha value is -3.62. The van der Waals surface area contributed by atoms with E-state index < -0.39 is 16.0 Å². The fourth-order valence-electron chi connectivity index (χ4n) is 4.05. The molecule has 7 nitrogen and oxygen atoms in total. The minimum Gasteiger partial charge on any atom is -0.507 e. The molecule has 0 saturated carbocycles. The largest absolute Gasteiger partial charge is 0.507 e. The van der Waals surface area contributed by atoms with Crippen LogP contribution < -0.4 is 9.47 Å². The number of aromatic nitrogens is 1. The Labute approximate surface area is 192 Å². The predicted octanol–water partition coefficient (Wildman–Crippen LogP) is 4.04. The molecule has 0 aliphatic rings. The van der Waals surface area contributed by atoms with Crippen molar-refractivity contribution in [3.05, 3.63) is 78.0 Å². The predicted molar refractivity (Wildman–Crippen MR) is 131 cm³/mol. The molecule has 0 radical (unpaired) electrons. The number of anilines is 1. The van der Waals surface area contributed by atoms with Crippen molar-refractivity contribution in [3.63, 3.8) is 0 Å². The molecule has 1 heterocycles. The summed E-state index contributed by atoms with van der Waals surface area (Å²) in [6, 6.07) is 18.5. The van der Waals surface area contributed by atoms with Gasteiger partial charge >= 0.3 is 10.1 Å². The highest BCUT2D eigenvalue weighted by atomic mass is 32.2. The molecular weight excluding hydrogens is 440 g/mol. The third-order valence-electron chi connectivity index (χ3n) is 5.51. The van der Waals surface area contributed by atoms with Crippen LogP contribution in [0.4, 0.5) is 5.69 Å². The number of aromatic hydroxyl groups is 1. The number of rotatable bonds is 6. The molecule has 3 aromatic carbocycles. The van der Waals surface area contributed by atoms with Crippen LogP contribution in [0.2, 0.25) is 0 Å². The fourth-order valence-corrected chi connectivity index (χ4v) is 4.63. The summed E-state index contributed by atoms with van der Waals surface area (Å²) < 4.78 is 39.4. The highest BCUT2D eigenvalue weighted by Gasteiger charge is 2.21. The van der Waals surface area contributed by atoms with Crippen molar-refractivity contribution in [2.75, 3.05) is 26.1 Å². The number of ether oxygens (including phenoxy) is 1. The smallest absolute Gasteiger partial charge is 0.326 e. The number of phenolic OH excluding ortho intramolecular Hbond substituents is 1. The zero-order valence-electron chi connectivity index (χ0n) is 18.6. The van der Waals surface area contributed by atoms with Crippen LogP contribution in [-0.4, -0.2) is 39.3 Å². The molecule has 33 heavy (non-hydrogen) atoms. The minimum atomic E-state index is -4.22. The molecule has 0 saturated heterocycles. The third kappa shape index (κ3) is 4.48. The maximum atomic E-state index is 11.5. The van der Waals surface area contributed by atoms with Gasteiger partial charge in [-0.05, 0) is 17.5 Å². The standard InChI is InChI=1S/C25H24N2O5S/c1-26(2)23-15-24(28)21(17-8-4-5-9-18(17)23)14-25(32-3)20-12-13-27(16-33(29,30)31)22-11-7-6-10-19(20)22/h4-15H,16H2,1-3H3,(H,29,30,31)/p+1. The summed E-state index contributed by atoms with van der Waals surface area (Å²) in [6.07, 6.45) is 3.37. The van der Waals surface area contributed by atoms with Gasteiger partial charge in [0.25, 0.3) is 5.88 Å². The molecule has 2 N–H and O–H groups in total. The minimum absolute atomic E-state index is 0.119. The number of hydrogen-bond donors (Lipinski definition) is 2. The van der Waals surface area contributed by atoms with Gasteiger partial charge in [0.1, 0.15) is 11.5 Å². The molecule has 0 spiro atoms. The van der Waals surface area contributed by atoms with E-state index in [4.69, 9.17) is 4.74 Å². The molecule has 4 rings (SSSR count). The molecule has 0 bridgehead atoms. The monoisotopic (exact) mass is 465 g/mol. The van der Waals surface area contributed by atoms with Gasteiger partial charge in [0.15, 0.2) is 6.20 Å². The van der Waals surface area contributed by atoms with Crippen molar-refractivity contribution >= 4 is 49.3 Å². The van der Waals surface area contributed by atoms with Crippen LogP contribution in [-0.2, 0) is 20.7 Å². The van der Waals surface area contributed by atoms with Gasteiger partial charge < -0.3 is 14.7 Å². The van der Waals surface area contributed by atoms with Gasteiger partial charge in [-0.15, -0.1) is 0 Å². The lowest BCUT2D eigenvalue weighted by Gasteiger charge is -2.18. The summed E-state index contributed by atoms with van der Waals surface area (Å²) >= 11 is 0.